The van der Waals surface area contributed by atoms with Crippen LogP contribution in [0.15, 0.2) is 76.3 Å². The van der Waals surface area contributed by atoms with Crippen LogP contribution in [0.25, 0.3) is 5.57 Å². The zero-order valence-corrected chi connectivity index (χ0v) is 19.5. The molecule has 0 saturated heterocycles. The number of benzene rings is 2. The Bertz CT molecular complexity index is 1230. The van der Waals surface area contributed by atoms with Gasteiger partial charge in [0.2, 0.25) is 10.0 Å². The number of sulfonamides is 1. The van der Waals surface area contributed by atoms with Crippen molar-refractivity contribution in [2.24, 2.45) is 5.14 Å². The van der Waals surface area contributed by atoms with E-state index in [0.717, 1.165) is 0 Å². The molecule has 3 rings (SSSR count). The summed E-state index contributed by atoms with van der Waals surface area (Å²) in [5.74, 6) is 0. The summed E-state index contributed by atoms with van der Waals surface area (Å²) in [5, 5.41) is 7.39. The van der Waals surface area contributed by atoms with Crippen molar-refractivity contribution >= 4 is 44.8 Å². The molecule has 1 aliphatic carbocycles. The first kappa shape index (κ1) is 26.0. The molecular formula is C21H18Cl2F3N3O4S. The second kappa shape index (κ2) is 9.96. The Morgan fingerprint density at radius 1 is 1.12 bits per heavy atom. The van der Waals surface area contributed by atoms with Crippen molar-refractivity contribution in [1.82, 2.24) is 10.6 Å². The van der Waals surface area contributed by atoms with Crippen LogP contribution < -0.4 is 15.8 Å². The van der Waals surface area contributed by atoms with Gasteiger partial charge in [0.05, 0.1) is 9.93 Å². The minimum Gasteiger partial charge on any atom is -0.334 e. The van der Waals surface area contributed by atoms with Crippen LogP contribution in [-0.2, 0) is 21.3 Å². The highest BCUT2D eigenvalue weighted by Crippen LogP contribution is 2.48. The van der Waals surface area contributed by atoms with Gasteiger partial charge >= 0.3 is 12.4 Å². The lowest BCUT2D eigenvalue weighted by Gasteiger charge is -2.35. The number of carbonyl (C=O) groups excluding carboxylic acids is 1. The molecule has 0 fully saturated rings. The SMILES string of the molecule is NS(=O)(=O)c1ccc(CNC(=O)NC2=CC(Cl)=C(c3ccccc3)C(Cl)(OC(F)(F)F)C2)cc1. The van der Waals surface area contributed by atoms with Crippen molar-refractivity contribution in [3.05, 3.63) is 82.5 Å². The van der Waals surface area contributed by atoms with E-state index in [-0.39, 0.29) is 27.7 Å². The standard InChI is InChI=1S/C21H18Cl2F3N3O4S/c22-17-10-15(29-19(30)28-12-13-6-8-16(9-7-13)34(27,31)32)11-20(23,33-21(24,25)26)18(17)14-4-2-1-3-5-14/h1-10H,11-12H2,(H2,27,31,32)(H2,28,29,30). The number of halogens is 5. The fourth-order valence-corrected chi connectivity index (χ4v) is 4.67. The number of hydrogen-bond donors (Lipinski definition) is 3. The van der Waals surface area contributed by atoms with E-state index in [0.29, 0.717) is 11.1 Å². The number of rotatable bonds is 6. The second-order valence-corrected chi connectivity index (χ2v) is 9.79. The molecule has 0 aliphatic heterocycles. The van der Waals surface area contributed by atoms with Gasteiger partial charge in [0.25, 0.3) is 0 Å². The number of nitrogens with one attached hydrogen (secondary N) is 2. The molecule has 34 heavy (non-hydrogen) atoms. The smallest absolute Gasteiger partial charge is 0.334 e. The molecule has 1 unspecified atom stereocenters. The summed E-state index contributed by atoms with van der Waals surface area (Å²) in [6, 6.07) is 12.7. The second-order valence-electron chi connectivity index (χ2n) is 7.21. The third-order valence-corrected chi connectivity index (χ3v) is 6.28. The number of primary sulfonamides is 1. The van der Waals surface area contributed by atoms with Crippen molar-refractivity contribution in [3.63, 3.8) is 0 Å². The summed E-state index contributed by atoms with van der Waals surface area (Å²) >= 11 is 12.6. The lowest BCUT2D eigenvalue weighted by Crippen LogP contribution is -2.41. The zero-order valence-electron chi connectivity index (χ0n) is 17.2. The molecule has 1 atom stereocenters. The van der Waals surface area contributed by atoms with Crippen molar-refractivity contribution in [3.8, 4) is 0 Å². The lowest BCUT2D eigenvalue weighted by atomic mass is 9.92. The van der Waals surface area contributed by atoms with Gasteiger partial charge in [-0.3, -0.25) is 4.74 Å². The number of allylic oxidation sites excluding steroid dienone is 2. The van der Waals surface area contributed by atoms with Crippen LogP contribution in [0.3, 0.4) is 0 Å². The van der Waals surface area contributed by atoms with Crippen LogP contribution in [0.4, 0.5) is 18.0 Å². The van der Waals surface area contributed by atoms with Gasteiger partial charge in [-0.1, -0.05) is 65.7 Å². The molecule has 0 bridgehead atoms. The first-order valence-electron chi connectivity index (χ1n) is 9.55. The summed E-state index contributed by atoms with van der Waals surface area (Å²) in [6.45, 7) is -0.00603. The molecule has 2 aromatic rings. The minimum atomic E-state index is -5.08. The van der Waals surface area contributed by atoms with Gasteiger partial charge in [0.15, 0.2) is 5.06 Å². The third kappa shape index (κ3) is 6.73. The third-order valence-electron chi connectivity index (χ3n) is 4.65. The normalized spacial score (nSPS) is 18.9. The molecule has 182 valence electrons. The van der Waals surface area contributed by atoms with Crippen LogP contribution in [0, 0.1) is 0 Å². The van der Waals surface area contributed by atoms with Gasteiger partial charge in [-0.05, 0) is 29.3 Å². The highest BCUT2D eigenvalue weighted by molar-refractivity contribution is 7.89. The maximum Gasteiger partial charge on any atom is 0.524 e. The molecule has 0 saturated carbocycles. The topological polar surface area (TPSA) is 111 Å². The molecule has 13 heteroatoms. The number of amides is 2. The summed E-state index contributed by atoms with van der Waals surface area (Å²) in [7, 11) is -3.85. The fraction of sp³-hybridized carbons (Fsp3) is 0.190. The van der Waals surface area contributed by atoms with Gasteiger partial charge in [0, 0.05) is 24.2 Å². The predicted molar refractivity (Wildman–Crippen MR) is 121 cm³/mol. The lowest BCUT2D eigenvalue weighted by molar-refractivity contribution is -0.342. The molecule has 0 radical (unpaired) electrons. The van der Waals surface area contributed by atoms with Crippen LogP contribution in [-0.4, -0.2) is 25.9 Å². The molecular weight excluding hydrogens is 518 g/mol. The quantitative estimate of drug-likeness (QED) is 0.471. The van der Waals surface area contributed by atoms with Crippen LogP contribution in [0.1, 0.15) is 17.5 Å². The number of hydrogen-bond acceptors (Lipinski definition) is 4. The minimum absolute atomic E-state index is 0.00603. The van der Waals surface area contributed by atoms with E-state index in [1.54, 1.807) is 18.2 Å². The maximum absolute atomic E-state index is 13.2. The first-order chi connectivity index (χ1) is 15.8. The average Bonchev–Trinajstić information content (AvgIpc) is 2.70. The van der Waals surface area contributed by atoms with Gasteiger partial charge < -0.3 is 10.6 Å². The van der Waals surface area contributed by atoms with E-state index in [1.807, 2.05) is 0 Å². The van der Waals surface area contributed by atoms with Crippen molar-refractivity contribution in [2.75, 3.05) is 0 Å². The van der Waals surface area contributed by atoms with E-state index in [2.05, 4.69) is 15.4 Å². The number of nitrogens with two attached hydrogens (primary N) is 1. The highest BCUT2D eigenvalue weighted by Gasteiger charge is 2.48. The van der Waals surface area contributed by atoms with E-state index in [4.69, 9.17) is 28.3 Å². The van der Waals surface area contributed by atoms with Gasteiger partial charge in [-0.25, -0.2) is 18.4 Å². The Morgan fingerprint density at radius 2 is 1.74 bits per heavy atom. The maximum atomic E-state index is 13.2. The Morgan fingerprint density at radius 3 is 2.29 bits per heavy atom. The molecule has 7 nitrogen and oxygen atoms in total. The Labute approximate surface area is 203 Å². The Hall–Kier alpha value is -2.57. The number of carbonyl (C=O) groups is 1. The molecule has 2 aromatic carbocycles. The van der Waals surface area contributed by atoms with Crippen molar-refractivity contribution in [2.45, 2.75) is 29.3 Å². The van der Waals surface area contributed by atoms with Crippen LogP contribution in [0.2, 0.25) is 0 Å². The predicted octanol–water partition coefficient (Wildman–Crippen LogP) is 4.54. The number of alkyl halides is 4. The summed E-state index contributed by atoms with van der Waals surface area (Å²) < 4.78 is 66.3. The summed E-state index contributed by atoms with van der Waals surface area (Å²) in [5.41, 5.74) is 0.784. The van der Waals surface area contributed by atoms with Gasteiger partial charge in [-0.15, -0.1) is 13.2 Å². The molecule has 0 aromatic heterocycles. The largest absolute Gasteiger partial charge is 0.524 e. The number of urea groups is 1. The summed E-state index contributed by atoms with van der Waals surface area (Å²) in [6.07, 6.45) is -4.32. The van der Waals surface area contributed by atoms with Crippen molar-refractivity contribution in [1.29, 1.82) is 0 Å². The van der Waals surface area contributed by atoms with E-state index in [1.165, 1.54) is 42.5 Å². The molecule has 0 spiro atoms. The first-order valence-corrected chi connectivity index (χ1v) is 11.9. The Kier molecular flexibility index (Phi) is 7.63. The molecule has 4 N–H and O–H groups in total. The van der Waals surface area contributed by atoms with Gasteiger partial charge in [-0.2, -0.15) is 0 Å². The van der Waals surface area contributed by atoms with E-state index >= 15 is 0 Å². The number of ether oxygens (including phenoxy) is 1. The zero-order chi connectivity index (χ0) is 25.1. The fourth-order valence-electron chi connectivity index (χ4n) is 3.27. The van der Waals surface area contributed by atoms with Crippen LogP contribution >= 0.6 is 23.2 Å². The monoisotopic (exact) mass is 535 g/mol. The molecule has 1 aliphatic rings. The Balaban J connectivity index is 1.76. The van der Waals surface area contributed by atoms with E-state index in [9.17, 15) is 26.4 Å². The van der Waals surface area contributed by atoms with Crippen LogP contribution in [0.5, 0.6) is 0 Å². The highest BCUT2D eigenvalue weighted by atomic mass is 35.5. The molecule has 0 heterocycles. The molecule has 2 amide bonds. The average molecular weight is 536 g/mol. The summed E-state index contributed by atoms with van der Waals surface area (Å²) in [4.78, 5) is 12.2. The van der Waals surface area contributed by atoms with E-state index < -0.39 is 33.9 Å². The van der Waals surface area contributed by atoms with Gasteiger partial charge in [0.1, 0.15) is 0 Å². The van der Waals surface area contributed by atoms with Crippen molar-refractivity contribution < 1.29 is 31.1 Å².